The zero-order chi connectivity index (χ0) is 19.4. The number of carbonyl (C=O) groups is 3. The summed E-state index contributed by atoms with van der Waals surface area (Å²) in [5.74, 6) is -1.68. The van der Waals surface area contributed by atoms with Gasteiger partial charge in [-0.2, -0.15) is 0 Å². The van der Waals surface area contributed by atoms with Crippen LogP contribution < -0.4 is 10.6 Å². The number of ether oxygens (including phenoxy) is 1. The van der Waals surface area contributed by atoms with Crippen LogP contribution in [0.5, 0.6) is 0 Å². The van der Waals surface area contributed by atoms with E-state index in [1.165, 1.54) is 7.11 Å². The maximum absolute atomic E-state index is 13.0. The fourth-order valence-electron chi connectivity index (χ4n) is 3.16. The summed E-state index contributed by atoms with van der Waals surface area (Å²) >= 11 is 6.25. The molecular formula is C20H19ClN2O4. The number of hydrogen-bond donors (Lipinski definition) is 2. The van der Waals surface area contributed by atoms with Gasteiger partial charge in [0, 0.05) is 17.1 Å². The van der Waals surface area contributed by atoms with Crippen LogP contribution in [0.25, 0.3) is 0 Å². The first-order valence-electron chi connectivity index (χ1n) is 8.50. The standard InChI is InChI=1S/C20H19ClN2O4/c1-27-19(25)11-17(13-7-2-4-8-15(13)21)23-20(26)14-10-18(24)22-16-9-5-3-6-12(14)16/h2-9,14,17H,10-11H2,1H3,(H,22,24)(H,23,26). The average molecular weight is 387 g/mol. The molecule has 0 saturated carbocycles. The number of rotatable bonds is 5. The molecule has 2 aromatic rings. The van der Waals surface area contributed by atoms with Crippen molar-refractivity contribution < 1.29 is 19.1 Å². The van der Waals surface area contributed by atoms with Crippen LogP contribution >= 0.6 is 11.6 Å². The number of carbonyl (C=O) groups excluding carboxylic acids is 3. The largest absolute Gasteiger partial charge is 0.469 e. The number of amides is 2. The number of methoxy groups -OCH3 is 1. The minimum atomic E-state index is -0.657. The Morgan fingerprint density at radius 3 is 2.67 bits per heavy atom. The van der Waals surface area contributed by atoms with Gasteiger partial charge in [0.1, 0.15) is 0 Å². The molecule has 0 aromatic heterocycles. The lowest BCUT2D eigenvalue weighted by molar-refractivity contribution is -0.141. The first-order chi connectivity index (χ1) is 13.0. The molecule has 1 aliphatic rings. The Balaban J connectivity index is 1.88. The average Bonchev–Trinajstić information content (AvgIpc) is 2.67. The third-order valence-corrected chi connectivity index (χ3v) is 4.86. The fraction of sp³-hybridized carbons (Fsp3) is 0.250. The lowest BCUT2D eigenvalue weighted by Gasteiger charge is -2.27. The quantitative estimate of drug-likeness (QED) is 0.773. The minimum absolute atomic E-state index is 0.0380. The van der Waals surface area contributed by atoms with Gasteiger partial charge in [0.05, 0.1) is 25.5 Å². The second kappa shape index (κ2) is 8.22. The van der Waals surface area contributed by atoms with Crippen LogP contribution in [-0.4, -0.2) is 24.9 Å². The van der Waals surface area contributed by atoms with E-state index in [2.05, 4.69) is 10.6 Å². The number of esters is 1. The molecular weight excluding hydrogens is 368 g/mol. The molecule has 0 spiro atoms. The Labute approximate surface area is 161 Å². The van der Waals surface area contributed by atoms with Crippen LogP contribution in [-0.2, 0) is 19.1 Å². The van der Waals surface area contributed by atoms with E-state index in [4.69, 9.17) is 16.3 Å². The van der Waals surface area contributed by atoms with E-state index < -0.39 is 17.9 Å². The van der Waals surface area contributed by atoms with Gasteiger partial charge in [-0.1, -0.05) is 48.0 Å². The van der Waals surface area contributed by atoms with E-state index in [1.807, 2.05) is 12.1 Å². The van der Waals surface area contributed by atoms with Gasteiger partial charge in [0.15, 0.2) is 0 Å². The molecule has 1 heterocycles. The number of hydrogen-bond acceptors (Lipinski definition) is 4. The van der Waals surface area contributed by atoms with Gasteiger partial charge < -0.3 is 15.4 Å². The van der Waals surface area contributed by atoms with Gasteiger partial charge in [0.2, 0.25) is 11.8 Å². The van der Waals surface area contributed by atoms with E-state index >= 15 is 0 Å². The number of benzene rings is 2. The van der Waals surface area contributed by atoms with Crippen LogP contribution in [0.3, 0.4) is 0 Å². The molecule has 140 valence electrons. The number of fused-ring (bicyclic) bond motifs is 1. The molecule has 0 fully saturated rings. The second-order valence-corrected chi connectivity index (χ2v) is 6.66. The molecule has 0 aliphatic carbocycles. The Kier molecular flexibility index (Phi) is 5.76. The molecule has 1 aliphatic heterocycles. The molecule has 6 nitrogen and oxygen atoms in total. The Bertz CT molecular complexity index is 884. The Hall–Kier alpha value is -2.86. The van der Waals surface area contributed by atoms with Crippen molar-refractivity contribution in [2.75, 3.05) is 12.4 Å². The van der Waals surface area contributed by atoms with E-state index in [9.17, 15) is 14.4 Å². The van der Waals surface area contributed by atoms with Crippen molar-refractivity contribution in [1.29, 1.82) is 0 Å². The normalized spacial score (nSPS) is 16.7. The van der Waals surface area contributed by atoms with E-state index in [0.29, 0.717) is 16.3 Å². The topological polar surface area (TPSA) is 84.5 Å². The van der Waals surface area contributed by atoms with Crippen molar-refractivity contribution in [3.63, 3.8) is 0 Å². The minimum Gasteiger partial charge on any atom is -0.469 e. The van der Waals surface area contributed by atoms with Gasteiger partial charge in [-0.25, -0.2) is 0 Å². The highest BCUT2D eigenvalue weighted by molar-refractivity contribution is 6.31. The third-order valence-electron chi connectivity index (χ3n) is 4.51. The Morgan fingerprint density at radius 2 is 1.93 bits per heavy atom. The van der Waals surface area contributed by atoms with Crippen molar-refractivity contribution >= 4 is 35.1 Å². The molecule has 2 N–H and O–H groups in total. The van der Waals surface area contributed by atoms with Crippen molar-refractivity contribution in [2.45, 2.75) is 24.8 Å². The van der Waals surface area contributed by atoms with Crippen molar-refractivity contribution in [3.8, 4) is 0 Å². The maximum atomic E-state index is 13.0. The number of para-hydroxylation sites is 1. The van der Waals surface area contributed by atoms with Crippen LogP contribution in [0.4, 0.5) is 5.69 Å². The Morgan fingerprint density at radius 1 is 1.22 bits per heavy atom. The smallest absolute Gasteiger partial charge is 0.307 e. The van der Waals surface area contributed by atoms with Crippen LogP contribution in [0, 0.1) is 0 Å². The molecule has 3 rings (SSSR count). The first kappa shape index (κ1) is 18.9. The second-order valence-electron chi connectivity index (χ2n) is 6.26. The van der Waals surface area contributed by atoms with E-state index in [0.717, 1.165) is 5.56 Å². The van der Waals surface area contributed by atoms with Crippen molar-refractivity contribution in [3.05, 3.63) is 64.7 Å². The highest BCUT2D eigenvalue weighted by Gasteiger charge is 2.32. The van der Waals surface area contributed by atoms with Crippen LogP contribution in [0.2, 0.25) is 5.02 Å². The lowest BCUT2D eigenvalue weighted by atomic mass is 9.89. The predicted molar refractivity (Wildman–Crippen MR) is 101 cm³/mol. The van der Waals surface area contributed by atoms with Gasteiger partial charge in [0.25, 0.3) is 0 Å². The highest BCUT2D eigenvalue weighted by Crippen LogP contribution is 2.33. The number of anilines is 1. The first-order valence-corrected chi connectivity index (χ1v) is 8.87. The number of halogens is 1. The van der Waals surface area contributed by atoms with Crippen molar-refractivity contribution in [2.24, 2.45) is 0 Å². The molecule has 2 unspecified atom stereocenters. The van der Waals surface area contributed by atoms with E-state index in [1.54, 1.807) is 36.4 Å². The molecule has 2 amide bonds. The summed E-state index contributed by atoms with van der Waals surface area (Å²) in [5, 5.41) is 6.07. The van der Waals surface area contributed by atoms with Crippen molar-refractivity contribution in [1.82, 2.24) is 5.32 Å². The van der Waals surface area contributed by atoms with Gasteiger partial charge in [-0.05, 0) is 23.3 Å². The fourth-order valence-corrected chi connectivity index (χ4v) is 3.43. The highest BCUT2D eigenvalue weighted by atomic mass is 35.5. The molecule has 0 saturated heterocycles. The molecule has 0 radical (unpaired) electrons. The third kappa shape index (κ3) is 4.28. The zero-order valence-electron chi connectivity index (χ0n) is 14.7. The summed E-state index contributed by atoms with van der Waals surface area (Å²) in [7, 11) is 1.29. The zero-order valence-corrected chi connectivity index (χ0v) is 15.5. The summed E-state index contributed by atoms with van der Waals surface area (Å²) in [6.07, 6.45) is -0.0250. The summed E-state index contributed by atoms with van der Waals surface area (Å²) in [6, 6.07) is 13.5. The summed E-state index contributed by atoms with van der Waals surface area (Å²) in [5.41, 5.74) is 1.98. The summed E-state index contributed by atoms with van der Waals surface area (Å²) in [4.78, 5) is 36.8. The molecule has 0 bridgehead atoms. The SMILES string of the molecule is COC(=O)CC(NC(=O)C1CC(=O)Nc2ccccc21)c1ccccc1Cl. The van der Waals surface area contributed by atoms with E-state index in [-0.39, 0.29) is 24.7 Å². The van der Waals surface area contributed by atoms with Gasteiger partial charge in [-0.3, -0.25) is 14.4 Å². The molecule has 27 heavy (non-hydrogen) atoms. The maximum Gasteiger partial charge on any atom is 0.307 e. The van der Waals surface area contributed by atoms with Crippen LogP contribution in [0.15, 0.2) is 48.5 Å². The molecule has 2 atom stereocenters. The molecule has 7 heteroatoms. The summed E-state index contributed by atoms with van der Waals surface area (Å²) in [6.45, 7) is 0. The predicted octanol–water partition coefficient (Wildman–Crippen LogP) is 3.19. The van der Waals surface area contributed by atoms with Crippen LogP contribution in [0.1, 0.15) is 35.9 Å². The lowest BCUT2D eigenvalue weighted by Crippen LogP contribution is -2.38. The molecule has 2 aromatic carbocycles. The number of nitrogens with one attached hydrogen (secondary N) is 2. The summed E-state index contributed by atoms with van der Waals surface area (Å²) < 4.78 is 4.74. The van der Waals surface area contributed by atoms with Gasteiger partial charge in [-0.15, -0.1) is 0 Å². The van der Waals surface area contributed by atoms with Gasteiger partial charge >= 0.3 is 5.97 Å². The monoisotopic (exact) mass is 386 g/mol.